The number of hydrogen-bond acceptors (Lipinski definition) is 3. The van der Waals surface area contributed by atoms with Crippen LogP contribution in [0.4, 0.5) is 0 Å². The Balaban J connectivity index is 3.94. The van der Waals surface area contributed by atoms with Gasteiger partial charge < -0.3 is 15.3 Å². The van der Waals surface area contributed by atoms with E-state index in [-0.39, 0.29) is 12.5 Å². The zero-order chi connectivity index (χ0) is 10.4. The maximum Gasteiger partial charge on any atom is 0.326 e. The summed E-state index contributed by atoms with van der Waals surface area (Å²) >= 11 is 0. The number of nitrogens with one attached hydrogen (secondary N) is 1. The maximum atomic E-state index is 11.1. The Labute approximate surface area is 77.7 Å². The average Bonchev–Trinajstić information content (AvgIpc) is 1.98. The number of likely N-dealkylation sites (N-methyl/N-ethyl adjacent to an activating group) is 1. The van der Waals surface area contributed by atoms with Gasteiger partial charge >= 0.3 is 5.97 Å². The molecule has 2 N–H and O–H groups in total. The Morgan fingerprint density at radius 3 is 2.31 bits per heavy atom. The molecule has 0 aliphatic carbocycles. The number of carboxylic acid groups (broad SMARTS) is 1. The van der Waals surface area contributed by atoms with Gasteiger partial charge in [-0.3, -0.25) is 4.79 Å². The van der Waals surface area contributed by atoms with E-state index in [9.17, 15) is 9.59 Å². The van der Waals surface area contributed by atoms with Gasteiger partial charge in [-0.05, 0) is 20.5 Å². The maximum absolute atomic E-state index is 11.1. The monoisotopic (exact) mass is 188 g/mol. The molecule has 0 unspecified atom stereocenters. The molecule has 13 heavy (non-hydrogen) atoms. The SMILES string of the molecule is CC[C@@H](NC(=O)CN(C)C)C(=O)O. The van der Waals surface area contributed by atoms with Crippen LogP contribution in [0.1, 0.15) is 13.3 Å². The topological polar surface area (TPSA) is 69.6 Å². The van der Waals surface area contributed by atoms with Gasteiger partial charge in [0.1, 0.15) is 6.04 Å². The van der Waals surface area contributed by atoms with E-state index in [0.717, 1.165) is 0 Å². The van der Waals surface area contributed by atoms with E-state index >= 15 is 0 Å². The zero-order valence-electron chi connectivity index (χ0n) is 8.20. The van der Waals surface area contributed by atoms with Gasteiger partial charge in [0.25, 0.3) is 0 Å². The number of aliphatic carboxylic acids is 1. The van der Waals surface area contributed by atoms with Gasteiger partial charge in [0, 0.05) is 0 Å². The third-order valence-corrected chi connectivity index (χ3v) is 1.50. The number of carbonyl (C=O) groups excluding carboxylic acids is 1. The molecule has 0 saturated heterocycles. The van der Waals surface area contributed by atoms with Crippen LogP contribution in [0.5, 0.6) is 0 Å². The quantitative estimate of drug-likeness (QED) is 0.612. The third-order valence-electron chi connectivity index (χ3n) is 1.50. The molecule has 0 rings (SSSR count). The molecule has 0 aliphatic heterocycles. The summed E-state index contributed by atoms with van der Waals surface area (Å²) in [5.41, 5.74) is 0. The van der Waals surface area contributed by atoms with Gasteiger partial charge in [-0.25, -0.2) is 4.79 Å². The summed E-state index contributed by atoms with van der Waals surface area (Å²) < 4.78 is 0. The van der Waals surface area contributed by atoms with Crippen LogP contribution < -0.4 is 5.32 Å². The van der Waals surface area contributed by atoms with Crippen molar-refractivity contribution in [2.24, 2.45) is 0 Å². The minimum Gasteiger partial charge on any atom is -0.480 e. The number of hydrogen-bond donors (Lipinski definition) is 2. The number of carboxylic acids is 1. The minimum absolute atomic E-state index is 0.212. The molecule has 0 heterocycles. The fourth-order valence-corrected chi connectivity index (χ4v) is 0.866. The molecular formula is C8H16N2O3. The van der Waals surface area contributed by atoms with Gasteiger partial charge in [0.15, 0.2) is 0 Å². The van der Waals surface area contributed by atoms with Crippen molar-refractivity contribution in [2.75, 3.05) is 20.6 Å². The summed E-state index contributed by atoms with van der Waals surface area (Å²) in [6, 6.07) is -0.771. The van der Waals surface area contributed by atoms with Gasteiger partial charge in [-0.2, -0.15) is 0 Å². The molecule has 5 nitrogen and oxygen atoms in total. The lowest BCUT2D eigenvalue weighted by Crippen LogP contribution is -2.43. The highest BCUT2D eigenvalue weighted by Gasteiger charge is 2.17. The summed E-state index contributed by atoms with van der Waals surface area (Å²) in [7, 11) is 3.50. The molecule has 1 atom stereocenters. The fraction of sp³-hybridized carbons (Fsp3) is 0.750. The predicted molar refractivity (Wildman–Crippen MR) is 48.4 cm³/mol. The molecular weight excluding hydrogens is 172 g/mol. The molecule has 0 saturated carbocycles. The summed E-state index contributed by atoms with van der Waals surface area (Å²) in [5.74, 6) is -1.26. The first kappa shape index (κ1) is 11.9. The van der Waals surface area contributed by atoms with Crippen molar-refractivity contribution in [1.29, 1.82) is 0 Å². The molecule has 0 spiro atoms. The molecule has 0 aliphatic rings. The van der Waals surface area contributed by atoms with Crippen LogP contribution in [-0.2, 0) is 9.59 Å². The highest BCUT2D eigenvalue weighted by Crippen LogP contribution is 1.90. The minimum atomic E-state index is -0.991. The van der Waals surface area contributed by atoms with Crippen LogP contribution >= 0.6 is 0 Å². The predicted octanol–water partition coefficient (Wildman–Crippen LogP) is -0.473. The van der Waals surface area contributed by atoms with Crippen LogP contribution in [0, 0.1) is 0 Å². The van der Waals surface area contributed by atoms with Crippen LogP contribution in [0.3, 0.4) is 0 Å². The highest BCUT2D eigenvalue weighted by atomic mass is 16.4. The summed E-state index contributed by atoms with van der Waals surface area (Å²) in [5, 5.41) is 11.0. The standard InChI is InChI=1S/C8H16N2O3/c1-4-6(8(12)13)9-7(11)5-10(2)3/h6H,4-5H2,1-3H3,(H,9,11)(H,12,13)/t6-/m1/s1. The number of rotatable bonds is 5. The van der Waals surface area contributed by atoms with Crippen molar-refractivity contribution >= 4 is 11.9 Å². The Morgan fingerprint density at radius 2 is 2.00 bits per heavy atom. The largest absolute Gasteiger partial charge is 0.480 e. The fourth-order valence-electron chi connectivity index (χ4n) is 0.866. The lowest BCUT2D eigenvalue weighted by atomic mass is 10.2. The van der Waals surface area contributed by atoms with E-state index in [1.165, 1.54) is 0 Å². The normalized spacial score (nSPS) is 12.6. The van der Waals surface area contributed by atoms with Crippen LogP contribution in [0.15, 0.2) is 0 Å². The highest BCUT2D eigenvalue weighted by molar-refractivity contribution is 5.84. The lowest BCUT2D eigenvalue weighted by molar-refractivity contribution is -0.142. The molecule has 0 radical (unpaired) electrons. The Kier molecular flexibility index (Phi) is 5.06. The molecule has 0 fully saturated rings. The first-order chi connectivity index (χ1) is 5.97. The smallest absolute Gasteiger partial charge is 0.326 e. The van der Waals surface area contributed by atoms with E-state index in [1.807, 2.05) is 0 Å². The van der Waals surface area contributed by atoms with E-state index in [2.05, 4.69) is 5.32 Å². The van der Waals surface area contributed by atoms with Crippen molar-refractivity contribution in [1.82, 2.24) is 10.2 Å². The summed E-state index contributed by atoms with van der Waals surface area (Å²) in [6.45, 7) is 1.93. The molecule has 5 heteroatoms. The Morgan fingerprint density at radius 1 is 1.46 bits per heavy atom. The second-order valence-corrected chi connectivity index (χ2v) is 3.10. The van der Waals surface area contributed by atoms with Crippen molar-refractivity contribution in [3.8, 4) is 0 Å². The van der Waals surface area contributed by atoms with E-state index in [1.54, 1.807) is 25.9 Å². The van der Waals surface area contributed by atoms with Gasteiger partial charge in [0.2, 0.25) is 5.91 Å². The van der Waals surface area contributed by atoms with Gasteiger partial charge in [0.05, 0.1) is 6.54 Å². The zero-order valence-corrected chi connectivity index (χ0v) is 8.20. The van der Waals surface area contributed by atoms with Crippen molar-refractivity contribution < 1.29 is 14.7 Å². The van der Waals surface area contributed by atoms with Crippen LogP contribution in [-0.4, -0.2) is 48.6 Å². The van der Waals surface area contributed by atoms with E-state index in [4.69, 9.17) is 5.11 Å². The molecule has 0 aromatic carbocycles. The van der Waals surface area contributed by atoms with Crippen molar-refractivity contribution in [2.45, 2.75) is 19.4 Å². The molecule has 0 bridgehead atoms. The second kappa shape index (κ2) is 5.53. The Bertz CT molecular complexity index is 192. The van der Waals surface area contributed by atoms with Crippen molar-refractivity contribution in [3.05, 3.63) is 0 Å². The van der Waals surface area contributed by atoms with Crippen LogP contribution in [0.2, 0.25) is 0 Å². The first-order valence-corrected chi connectivity index (χ1v) is 4.14. The van der Waals surface area contributed by atoms with Crippen LogP contribution in [0.25, 0.3) is 0 Å². The average molecular weight is 188 g/mol. The molecule has 76 valence electrons. The molecule has 0 aromatic rings. The van der Waals surface area contributed by atoms with Gasteiger partial charge in [-0.1, -0.05) is 6.92 Å². The first-order valence-electron chi connectivity index (χ1n) is 4.14. The molecule has 0 aromatic heterocycles. The summed E-state index contributed by atoms with van der Waals surface area (Å²) in [4.78, 5) is 23.3. The van der Waals surface area contributed by atoms with E-state index < -0.39 is 12.0 Å². The van der Waals surface area contributed by atoms with E-state index in [0.29, 0.717) is 6.42 Å². The number of carbonyl (C=O) groups is 2. The number of amides is 1. The van der Waals surface area contributed by atoms with Gasteiger partial charge in [-0.15, -0.1) is 0 Å². The summed E-state index contributed by atoms with van der Waals surface area (Å²) in [6.07, 6.45) is 0.397. The lowest BCUT2D eigenvalue weighted by Gasteiger charge is -2.14. The molecule has 1 amide bonds. The third kappa shape index (κ3) is 5.19. The second-order valence-electron chi connectivity index (χ2n) is 3.10. The van der Waals surface area contributed by atoms with Crippen molar-refractivity contribution in [3.63, 3.8) is 0 Å². The Hall–Kier alpha value is -1.10. The number of nitrogens with zero attached hydrogens (tertiary/aromatic N) is 1.